The molecule has 0 fully saturated rings. The van der Waals surface area contributed by atoms with Gasteiger partial charge in [-0.2, -0.15) is 4.98 Å². The van der Waals surface area contributed by atoms with Gasteiger partial charge in [0, 0.05) is 13.0 Å². The molecular weight excluding hydrogens is 237 g/mol. The number of ether oxygens (including phenoxy) is 1. The van der Waals surface area contributed by atoms with Crippen molar-refractivity contribution in [3.05, 3.63) is 29.8 Å². The topological polar surface area (TPSA) is 74.2 Å². The van der Waals surface area contributed by atoms with E-state index in [2.05, 4.69) is 10.1 Å². The van der Waals surface area contributed by atoms with E-state index >= 15 is 0 Å². The van der Waals surface area contributed by atoms with E-state index in [0.717, 1.165) is 0 Å². The molecule has 6 heteroatoms. The Morgan fingerprint density at radius 3 is 3.06 bits per heavy atom. The van der Waals surface area contributed by atoms with Gasteiger partial charge in [-0.15, -0.1) is 0 Å². The predicted molar refractivity (Wildman–Crippen MR) is 64.3 cm³/mol. The largest absolute Gasteiger partial charge is 0.396 e. The lowest BCUT2D eigenvalue weighted by molar-refractivity contribution is 0.149. The lowest BCUT2D eigenvalue weighted by Gasteiger charge is -2.00. The van der Waals surface area contributed by atoms with Crippen molar-refractivity contribution in [1.29, 1.82) is 0 Å². The van der Waals surface area contributed by atoms with Gasteiger partial charge >= 0.3 is 0 Å². The van der Waals surface area contributed by atoms with E-state index < -0.39 is 5.82 Å². The number of benzene rings is 1. The highest BCUT2D eigenvalue weighted by Gasteiger charge is 2.13. The van der Waals surface area contributed by atoms with E-state index in [1.54, 1.807) is 12.1 Å². The minimum Gasteiger partial charge on any atom is -0.396 e. The minimum atomic E-state index is -0.499. The maximum absolute atomic E-state index is 13.3. The number of para-hydroxylation sites is 1. The number of hydrogen-bond acceptors (Lipinski definition) is 5. The number of aromatic nitrogens is 2. The first-order chi connectivity index (χ1) is 8.72. The lowest BCUT2D eigenvalue weighted by atomic mass is 10.2. The van der Waals surface area contributed by atoms with E-state index in [1.165, 1.54) is 6.07 Å². The second-order valence-corrected chi connectivity index (χ2v) is 3.66. The van der Waals surface area contributed by atoms with Crippen LogP contribution in [0.2, 0.25) is 0 Å². The Balaban J connectivity index is 2.16. The maximum Gasteiger partial charge on any atom is 0.260 e. The number of nitrogen functional groups attached to an aromatic ring is 1. The Hall–Kier alpha value is -1.95. The van der Waals surface area contributed by atoms with Crippen LogP contribution in [0.25, 0.3) is 11.5 Å². The molecule has 0 unspecified atom stereocenters. The summed E-state index contributed by atoms with van der Waals surface area (Å²) >= 11 is 0. The maximum atomic E-state index is 13.3. The van der Waals surface area contributed by atoms with Gasteiger partial charge in [-0.05, 0) is 19.1 Å². The zero-order valence-electron chi connectivity index (χ0n) is 10.0. The molecule has 2 aromatic rings. The predicted octanol–water partition coefficient (Wildman–Crippen LogP) is 2.04. The van der Waals surface area contributed by atoms with Crippen LogP contribution in [0.1, 0.15) is 12.7 Å². The summed E-state index contributed by atoms with van der Waals surface area (Å²) in [5.74, 6) is 0.238. The molecule has 0 spiro atoms. The molecule has 2 N–H and O–H groups in total. The molecule has 96 valence electrons. The Kier molecular flexibility index (Phi) is 3.88. The smallest absolute Gasteiger partial charge is 0.260 e. The van der Waals surface area contributed by atoms with Crippen LogP contribution in [0.4, 0.5) is 10.1 Å². The quantitative estimate of drug-likeness (QED) is 0.650. The van der Waals surface area contributed by atoms with Gasteiger partial charge < -0.3 is 15.0 Å². The van der Waals surface area contributed by atoms with Crippen LogP contribution >= 0.6 is 0 Å². The van der Waals surface area contributed by atoms with E-state index in [1.807, 2.05) is 6.92 Å². The number of anilines is 1. The minimum absolute atomic E-state index is 0.0116. The van der Waals surface area contributed by atoms with Gasteiger partial charge in [-0.3, -0.25) is 0 Å². The van der Waals surface area contributed by atoms with Crippen molar-refractivity contribution >= 4 is 5.69 Å². The molecule has 0 saturated heterocycles. The Morgan fingerprint density at radius 1 is 1.44 bits per heavy atom. The SMILES string of the molecule is CCOCCc1noc(-c2cccc(F)c2N)n1. The first-order valence-corrected chi connectivity index (χ1v) is 5.67. The molecule has 2 rings (SSSR count). The fraction of sp³-hybridized carbons (Fsp3) is 0.333. The van der Waals surface area contributed by atoms with E-state index in [9.17, 15) is 4.39 Å². The zero-order valence-corrected chi connectivity index (χ0v) is 10.0. The van der Waals surface area contributed by atoms with Crippen molar-refractivity contribution in [3.8, 4) is 11.5 Å². The third-order valence-electron chi connectivity index (χ3n) is 2.43. The number of nitrogens with two attached hydrogens (primary N) is 1. The Morgan fingerprint density at radius 2 is 2.28 bits per heavy atom. The molecule has 1 heterocycles. The van der Waals surface area contributed by atoms with Gasteiger partial charge in [0.25, 0.3) is 5.89 Å². The third-order valence-corrected chi connectivity index (χ3v) is 2.43. The summed E-state index contributed by atoms with van der Waals surface area (Å²) in [6.07, 6.45) is 0.548. The van der Waals surface area contributed by atoms with Gasteiger partial charge in [-0.1, -0.05) is 11.2 Å². The summed E-state index contributed by atoms with van der Waals surface area (Å²) in [5.41, 5.74) is 6.04. The summed E-state index contributed by atoms with van der Waals surface area (Å²) in [6.45, 7) is 3.07. The first kappa shape index (κ1) is 12.5. The molecule has 0 aliphatic heterocycles. The first-order valence-electron chi connectivity index (χ1n) is 5.67. The Labute approximate surface area is 104 Å². The van der Waals surface area contributed by atoms with Crippen molar-refractivity contribution in [3.63, 3.8) is 0 Å². The van der Waals surface area contributed by atoms with Crippen LogP contribution in [-0.2, 0) is 11.2 Å². The van der Waals surface area contributed by atoms with Crippen molar-refractivity contribution < 1.29 is 13.7 Å². The van der Waals surface area contributed by atoms with Crippen molar-refractivity contribution in [2.24, 2.45) is 0 Å². The molecule has 1 aromatic carbocycles. The summed E-state index contributed by atoms with van der Waals surface area (Å²) in [4.78, 5) is 4.15. The average Bonchev–Trinajstić information content (AvgIpc) is 2.82. The van der Waals surface area contributed by atoms with Crippen LogP contribution in [0.3, 0.4) is 0 Å². The second-order valence-electron chi connectivity index (χ2n) is 3.66. The highest BCUT2D eigenvalue weighted by Crippen LogP contribution is 2.26. The van der Waals surface area contributed by atoms with E-state index in [-0.39, 0.29) is 11.6 Å². The molecule has 0 radical (unpaired) electrons. The average molecular weight is 251 g/mol. The Bertz CT molecular complexity index is 528. The highest BCUT2D eigenvalue weighted by molar-refractivity contribution is 5.70. The summed E-state index contributed by atoms with van der Waals surface area (Å²) in [6, 6.07) is 4.47. The van der Waals surface area contributed by atoms with Crippen LogP contribution in [0.15, 0.2) is 22.7 Å². The summed E-state index contributed by atoms with van der Waals surface area (Å²) in [5, 5.41) is 3.79. The number of hydrogen-bond donors (Lipinski definition) is 1. The number of nitrogens with zero attached hydrogens (tertiary/aromatic N) is 2. The second kappa shape index (κ2) is 5.59. The molecule has 18 heavy (non-hydrogen) atoms. The van der Waals surface area contributed by atoms with Crippen molar-refractivity contribution in [1.82, 2.24) is 10.1 Å². The van der Waals surface area contributed by atoms with Gasteiger partial charge in [0.1, 0.15) is 5.82 Å². The number of rotatable bonds is 5. The molecule has 0 atom stereocenters. The van der Waals surface area contributed by atoms with E-state index in [0.29, 0.717) is 31.0 Å². The van der Waals surface area contributed by atoms with Crippen LogP contribution in [0, 0.1) is 5.82 Å². The molecule has 5 nitrogen and oxygen atoms in total. The molecular formula is C12H14FN3O2. The van der Waals surface area contributed by atoms with Crippen LogP contribution < -0.4 is 5.73 Å². The number of halogens is 1. The standard InChI is InChI=1S/C12H14FN3O2/c1-2-17-7-6-10-15-12(18-16-10)8-4-3-5-9(13)11(8)14/h3-5H,2,6-7,14H2,1H3. The summed E-state index contributed by atoms with van der Waals surface area (Å²) < 4.78 is 23.5. The summed E-state index contributed by atoms with van der Waals surface area (Å²) in [7, 11) is 0. The lowest BCUT2D eigenvalue weighted by Crippen LogP contribution is -1.99. The van der Waals surface area contributed by atoms with Crippen LogP contribution in [0.5, 0.6) is 0 Å². The molecule has 0 saturated carbocycles. The fourth-order valence-electron chi connectivity index (χ4n) is 1.50. The van der Waals surface area contributed by atoms with Gasteiger partial charge in [-0.25, -0.2) is 4.39 Å². The fourth-order valence-corrected chi connectivity index (χ4v) is 1.50. The molecule has 0 aliphatic carbocycles. The van der Waals surface area contributed by atoms with E-state index in [4.69, 9.17) is 15.0 Å². The molecule has 0 aliphatic rings. The molecule has 0 bridgehead atoms. The van der Waals surface area contributed by atoms with Crippen molar-refractivity contribution in [2.75, 3.05) is 18.9 Å². The zero-order chi connectivity index (χ0) is 13.0. The highest BCUT2D eigenvalue weighted by atomic mass is 19.1. The molecule has 0 amide bonds. The van der Waals surface area contributed by atoms with Gasteiger partial charge in [0.05, 0.1) is 17.9 Å². The monoisotopic (exact) mass is 251 g/mol. The molecule has 1 aromatic heterocycles. The van der Waals surface area contributed by atoms with Gasteiger partial charge in [0.15, 0.2) is 5.82 Å². The normalized spacial score (nSPS) is 10.8. The third kappa shape index (κ3) is 2.65. The van der Waals surface area contributed by atoms with Crippen molar-refractivity contribution in [2.45, 2.75) is 13.3 Å². The van der Waals surface area contributed by atoms with Gasteiger partial charge in [0.2, 0.25) is 0 Å². The van der Waals surface area contributed by atoms with Crippen LogP contribution in [-0.4, -0.2) is 23.4 Å².